The lowest BCUT2D eigenvalue weighted by molar-refractivity contribution is -0.0411. The second-order valence-electron chi connectivity index (χ2n) is 4.40. The number of morpholine rings is 1. The lowest BCUT2D eigenvalue weighted by Gasteiger charge is -2.32. The fourth-order valence-electron chi connectivity index (χ4n) is 2.33. The van der Waals surface area contributed by atoms with Crippen molar-refractivity contribution in [2.75, 3.05) is 26.2 Å². The van der Waals surface area contributed by atoms with Gasteiger partial charge in [-0.1, -0.05) is 0 Å². The molecular formula is C10H20N2O2. The second-order valence-corrected chi connectivity index (χ2v) is 4.40. The highest BCUT2D eigenvalue weighted by atomic mass is 16.5. The summed E-state index contributed by atoms with van der Waals surface area (Å²) in [7, 11) is 0. The molecule has 0 radical (unpaired) electrons. The van der Waals surface area contributed by atoms with Crippen molar-refractivity contribution in [2.45, 2.75) is 37.6 Å². The van der Waals surface area contributed by atoms with E-state index in [1.54, 1.807) is 0 Å². The Morgan fingerprint density at radius 3 is 2.57 bits per heavy atom. The minimum atomic E-state index is -0.338. The molecular weight excluding hydrogens is 180 g/mol. The molecule has 0 aliphatic carbocycles. The maximum Gasteiger partial charge on any atom is 0.0707 e. The molecule has 2 bridgehead atoms. The highest BCUT2D eigenvalue weighted by Crippen LogP contribution is 2.26. The minimum absolute atomic E-state index is 0.338. The highest BCUT2D eigenvalue weighted by molar-refractivity contribution is 4.84. The summed E-state index contributed by atoms with van der Waals surface area (Å²) in [5, 5.41) is 9.35. The molecule has 2 saturated heterocycles. The van der Waals surface area contributed by atoms with Gasteiger partial charge in [0.2, 0.25) is 0 Å². The predicted molar refractivity (Wildman–Crippen MR) is 54.0 cm³/mol. The van der Waals surface area contributed by atoms with Crippen LogP contribution in [0.5, 0.6) is 0 Å². The SMILES string of the molecule is NCC(O)CCN1CC2CCC(C1)O2. The normalized spacial score (nSPS) is 34.7. The Labute approximate surface area is 85.0 Å². The summed E-state index contributed by atoms with van der Waals surface area (Å²) in [6, 6.07) is 0. The zero-order chi connectivity index (χ0) is 9.97. The summed E-state index contributed by atoms with van der Waals surface area (Å²) in [6.45, 7) is 3.40. The molecule has 4 heteroatoms. The van der Waals surface area contributed by atoms with Gasteiger partial charge in [-0.3, -0.25) is 4.90 Å². The summed E-state index contributed by atoms with van der Waals surface area (Å²) in [5.41, 5.74) is 5.36. The summed E-state index contributed by atoms with van der Waals surface area (Å²) in [5.74, 6) is 0. The highest BCUT2D eigenvalue weighted by Gasteiger charge is 2.33. The van der Waals surface area contributed by atoms with Crippen molar-refractivity contribution in [1.82, 2.24) is 4.90 Å². The van der Waals surface area contributed by atoms with Crippen LogP contribution in [0.25, 0.3) is 0 Å². The fraction of sp³-hybridized carbons (Fsp3) is 1.00. The zero-order valence-electron chi connectivity index (χ0n) is 8.56. The average Bonchev–Trinajstić information content (AvgIpc) is 2.54. The van der Waals surface area contributed by atoms with Crippen LogP contribution in [-0.2, 0) is 4.74 Å². The lowest BCUT2D eigenvalue weighted by atomic mass is 10.2. The summed E-state index contributed by atoms with van der Waals surface area (Å²) < 4.78 is 5.73. The average molecular weight is 200 g/mol. The largest absolute Gasteiger partial charge is 0.392 e. The van der Waals surface area contributed by atoms with Crippen molar-refractivity contribution in [3.05, 3.63) is 0 Å². The van der Waals surface area contributed by atoms with Gasteiger partial charge in [0, 0.05) is 26.2 Å². The molecule has 0 amide bonds. The van der Waals surface area contributed by atoms with E-state index in [4.69, 9.17) is 10.5 Å². The first-order chi connectivity index (χ1) is 6.78. The first kappa shape index (κ1) is 10.4. The summed E-state index contributed by atoms with van der Waals surface area (Å²) in [4.78, 5) is 2.39. The van der Waals surface area contributed by atoms with E-state index in [0.717, 1.165) is 26.1 Å². The van der Waals surface area contributed by atoms with Gasteiger partial charge in [0.25, 0.3) is 0 Å². The summed E-state index contributed by atoms with van der Waals surface area (Å²) in [6.07, 6.45) is 3.76. The maximum atomic E-state index is 9.35. The van der Waals surface area contributed by atoms with Crippen LogP contribution in [-0.4, -0.2) is 54.5 Å². The third-order valence-corrected chi connectivity index (χ3v) is 3.17. The monoisotopic (exact) mass is 200 g/mol. The molecule has 14 heavy (non-hydrogen) atoms. The molecule has 4 nitrogen and oxygen atoms in total. The Kier molecular flexibility index (Phi) is 3.38. The van der Waals surface area contributed by atoms with Gasteiger partial charge in [0.15, 0.2) is 0 Å². The van der Waals surface area contributed by atoms with Crippen LogP contribution in [0.4, 0.5) is 0 Å². The van der Waals surface area contributed by atoms with Gasteiger partial charge in [0.1, 0.15) is 0 Å². The third kappa shape index (κ3) is 2.45. The Morgan fingerprint density at radius 1 is 1.36 bits per heavy atom. The zero-order valence-corrected chi connectivity index (χ0v) is 8.56. The first-order valence-corrected chi connectivity index (χ1v) is 5.54. The molecule has 2 fully saturated rings. The number of hydrogen-bond donors (Lipinski definition) is 2. The number of ether oxygens (including phenoxy) is 1. The van der Waals surface area contributed by atoms with Gasteiger partial charge in [-0.05, 0) is 19.3 Å². The third-order valence-electron chi connectivity index (χ3n) is 3.17. The van der Waals surface area contributed by atoms with Crippen molar-refractivity contribution in [2.24, 2.45) is 5.73 Å². The van der Waals surface area contributed by atoms with Gasteiger partial charge in [-0.2, -0.15) is 0 Å². The molecule has 0 aromatic carbocycles. The molecule has 0 aromatic heterocycles. The molecule has 2 rings (SSSR count). The Bertz CT molecular complexity index is 177. The number of aliphatic hydroxyl groups excluding tert-OH is 1. The number of nitrogens with zero attached hydrogens (tertiary/aromatic N) is 1. The minimum Gasteiger partial charge on any atom is -0.392 e. The lowest BCUT2D eigenvalue weighted by Crippen LogP contribution is -2.43. The molecule has 0 aromatic rings. The molecule has 3 atom stereocenters. The number of nitrogens with two attached hydrogens (primary N) is 1. The predicted octanol–water partition coefficient (Wildman–Crippen LogP) is -0.441. The van der Waals surface area contributed by atoms with Crippen LogP contribution >= 0.6 is 0 Å². The van der Waals surface area contributed by atoms with E-state index in [2.05, 4.69) is 4.90 Å². The molecule has 0 spiro atoms. The Morgan fingerprint density at radius 2 is 2.00 bits per heavy atom. The van der Waals surface area contributed by atoms with Crippen molar-refractivity contribution in [3.8, 4) is 0 Å². The van der Waals surface area contributed by atoms with Crippen molar-refractivity contribution in [3.63, 3.8) is 0 Å². The van der Waals surface area contributed by atoms with Crippen LogP contribution in [0.15, 0.2) is 0 Å². The van der Waals surface area contributed by atoms with Crippen molar-refractivity contribution < 1.29 is 9.84 Å². The summed E-state index contributed by atoms with van der Waals surface area (Å²) >= 11 is 0. The molecule has 2 heterocycles. The number of fused-ring (bicyclic) bond motifs is 2. The van der Waals surface area contributed by atoms with Crippen molar-refractivity contribution in [1.29, 1.82) is 0 Å². The van der Waals surface area contributed by atoms with E-state index in [0.29, 0.717) is 18.8 Å². The molecule has 3 unspecified atom stereocenters. The van der Waals surface area contributed by atoms with E-state index < -0.39 is 0 Å². The van der Waals surface area contributed by atoms with Gasteiger partial charge in [0.05, 0.1) is 18.3 Å². The number of hydrogen-bond acceptors (Lipinski definition) is 4. The Hall–Kier alpha value is -0.160. The van der Waals surface area contributed by atoms with E-state index >= 15 is 0 Å². The van der Waals surface area contributed by atoms with E-state index in [-0.39, 0.29) is 6.10 Å². The van der Waals surface area contributed by atoms with E-state index in [9.17, 15) is 5.11 Å². The first-order valence-electron chi connectivity index (χ1n) is 5.54. The number of likely N-dealkylation sites (tertiary alicyclic amines) is 1. The second kappa shape index (κ2) is 4.57. The standard InChI is InChI=1S/C10H20N2O2/c11-5-8(13)3-4-12-6-9-1-2-10(7-12)14-9/h8-10,13H,1-7,11H2. The van der Waals surface area contributed by atoms with Crippen LogP contribution < -0.4 is 5.73 Å². The van der Waals surface area contributed by atoms with Crippen LogP contribution in [0, 0.1) is 0 Å². The van der Waals surface area contributed by atoms with Crippen LogP contribution in [0.2, 0.25) is 0 Å². The topological polar surface area (TPSA) is 58.7 Å². The molecule has 3 N–H and O–H groups in total. The molecule has 0 saturated carbocycles. The van der Waals surface area contributed by atoms with E-state index in [1.165, 1.54) is 12.8 Å². The number of rotatable bonds is 4. The van der Waals surface area contributed by atoms with Gasteiger partial charge < -0.3 is 15.6 Å². The van der Waals surface area contributed by atoms with Crippen molar-refractivity contribution >= 4 is 0 Å². The van der Waals surface area contributed by atoms with Crippen LogP contribution in [0.1, 0.15) is 19.3 Å². The smallest absolute Gasteiger partial charge is 0.0707 e. The molecule has 2 aliphatic heterocycles. The van der Waals surface area contributed by atoms with Gasteiger partial charge >= 0.3 is 0 Å². The molecule has 82 valence electrons. The number of aliphatic hydroxyl groups is 1. The van der Waals surface area contributed by atoms with Gasteiger partial charge in [-0.25, -0.2) is 0 Å². The maximum absolute atomic E-state index is 9.35. The Balaban J connectivity index is 1.71. The molecule has 2 aliphatic rings. The quantitative estimate of drug-likeness (QED) is 0.646. The van der Waals surface area contributed by atoms with E-state index in [1.807, 2.05) is 0 Å². The van der Waals surface area contributed by atoms with Crippen LogP contribution in [0.3, 0.4) is 0 Å². The fourth-order valence-corrected chi connectivity index (χ4v) is 2.33. The van der Waals surface area contributed by atoms with Gasteiger partial charge in [-0.15, -0.1) is 0 Å².